The zero-order valence-corrected chi connectivity index (χ0v) is 14.3. The first kappa shape index (κ1) is 18.2. The summed E-state index contributed by atoms with van der Waals surface area (Å²) in [5.41, 5.74) is 3.97. The van der Waals surface area contributed by atoms with E-state index in [9.17, 15) is 4.79 Å². The predicted octanol–water partition coefficient (Wildman–Crippen LogP) is 5.03. The summed E-state index contributed by atoms with van der Waals surface area (Å²) in [6, 6.07) is 13.0. The smallest absolute Gasteiger partial charge is 0.303 e. The van der Waals surface area contributed by atoms with E-state index in [2.05, 4.69) is 35.3 Å². The fourth-order valence-corrected chi connectivity index (χ4v) is 2.87. The minimum atomic E-state index is -0.679. The average Bonchev–Trinajstić information content (AvgIpc) is 2.59. The van der Waals surface area contributed by atoms with Crippen LogP contribution in [0.4, 0.5) is 0 Å². The third-order valence-corrected chi connectivity index (χ3v) is 4.26. The van der Waals surface area contributed by atoms with Gasteiger partial charge in [0.1, 0.15) is 0 Å². The summed E-state index contributed by atoms with van der Waals surface area (Å²) in [6.07, 6.45) is 12.7. The van der Waals surface area contributed by atoms with Gasteiger partial charge in [-0.1, -0.05) is 56.0 Å². The lowest BCUT2D eigenvalue weighted by Gasteiger charge is -2.05. The number of hydrogen-bond acceptors (Lipinski definition) is 2. The predicted molar refractivity (Wildman–Crippen MR) is 97.1 cm³/mol. The molecule has 1 heterocycles. The van der Waals surface area contributed by atoms with Gasteiger partial charge in [0.25, 0.3) is 0 Å². The summed E-state index contributed by atoms with van der Waals surface area (Å²) in [4.78, 5) is 14.6. The largest absolute Gasteiger partial charge is 0.481 e. The van der Waals surface area contributed by atoms with E-state index < -0.39 is 5.97 Å². The van der Waals surface area contributed by atoms with Gasteiger partial charge in [-0.15, -0.1) is 0 Å². The van der Waals surface area contributed by atoms with E-state index in [0.29, 0.717) is 6.42 Å². The standard InChI is InChI=1S/C21H27NO2/c23-21(24)10-6-4-2-1-3-5-8-18-11-13-19(14-12-18)16-20-9-7-15-22-17-20/h7,9,11-15,17H,1-6,8,10,16H2,(H,23,24). The number of benzene rings is 1. The van der Waals surface area contributed by atoms with Crippen molar-refractivity contribution < 1.29 is 9.90 Å². The van der Waals surface area contributed by atoms with E-state index in [0.717, 1.165) is 32.1 Å². The van der Waals surface area contributed by atoms with Crippen molar-refractivity contribution in [2.75, 3.05) is 0 Å². The molecule has 0 radical (unpaired) electrons. The number of carboxylic acid groups (broad SMARTS) is 1. The Morgan fingerprint density at radius 1 is 0.833 bits per heavy atom. The Kier molecular flexibility index (Phi) is 8.02. The molecule has 0 aliphatic rings. The van der Waals surface area contributed by atoms with Crippen molar-refractivity contribution in [1.82, 2.24) is 4.98 Å². The Hall–Kier alpha value is -2.16. The summed E-state index contributed by atoms with van der Waals surface area (Å²) >= 11 is 0. The molecule has 0 spiro atoms. The van der Waals surface area contributed by atoms with Crippen LogP contribution in [0.5, 0.6) is 0 Å². The Morgan fingerprint density at radius 3 is 2.17 bits per heavy atom. The average molecular weight is 325 g/mol. The van der Waals surface area contributed by atoms with Crippen LogP contribution in [0.15, 0.2) is 48.8 Å². The van der Waals surface area contributed by atoms with Gasteiger partial charge in [-0.2, -0.15) is 0 Å². The number of pyridine rings is 1. The Balaban J connectivity index is 1.59. The molecule has 0 saturated heterocycles. The van der Waals surface area contributed by atoms with E-state index >= 15 is 0 Å². The molecule has 24 heavy (non-hydrogen) atoms. The molecule has 1 aromatic heterocycles. The summed E-state index contributed by atoms with van der Waals surface area (Å²) in [6.45, 7) is 0. The lowest BCUT2D eigenvalue weighted by Crippen LogP contribution is -1.93. The highest BCUT2D eigenvalue weighted by molar-refractivity contribution is 5.66. The number of aromatic nitrogens is 1. The Labute approximate surface area is 144 Å². The molecule has 0 aliphatic heterocycles. The van der Waals surface area contributed by atoms with Gasteiger partial charge in [-0.25, -0.2) is 0 Å². The number of unbranched alkanes of at least 4 members (excludes halogenated alkanes) is 5. The number of carboxylic acids is 1. The van der Waals surface area contributed by atoms with Crippen molar-refractivity contribution in [3.05, 3.63) is 65.5 Å². The molecule has 2 rings (SSSR count). The number of nitrogens with zero attached hydrogens (tertiary/aromatic N) is 1. The fraction of sp³-hybridized carbons (Fsp3) is 0.429. The lowest BCUT2D eigenvalue weighted by atomic mass is 10.0. The third-order valence-electron chi connectivity index (χ3n) is 4.26. The van der Waals surface area contributed by atoms with Crippen molar-refractivity contribution in [3.8, 4) is 0 Å². The molecule has 3 heteroatoms. The van der Waals surface area contributed by atoms with E-state index in [-0.39, 0.29) is 0 Å². The fourth-order valence-electron chi connectivity index (χ4n) is 2.87. The van der Waals surface area contributed by atoms with Gasteiger partial charge < -0.3 is 5.11 Å². The van der Waals surface area contributed by atoms with Gasteiger partial charge in [0.2, 0.25) is 0 Å². The van der Waals surface area contributed by atoms with Gasteiger partial charge in [0, 0.05) is 18.8 Å². The molecule has 0 unspecified atom stereocenters. The molecule has 0 fully saturated rings. The number of rotatable bonds is 11. The van der Waals surface area contributed by atoms with Gasteiger partial charge >= 0.3 is 5.97 Å². The number of aryl methyl sites for hydroxylation is 1. The topological polar surface area (TPSA) is 50.2 Å². The molecule has 3 nitrogen and oxygen atoms in total. The molecular formula is C21H27NO2. The monoisotopic (exact) mass is 325 g/mol. The summed E-state index contributed by atoms with van der Waals surface area (Å²) in [5, 5.41) is 8.58. The van der Waals surface area contributed by atoms with Gasteiger partial charge in [0.05, 0.1) is 0 Å². The van der Waals surface area contributed by atoms with Crippen LogP contribution >= 0.6 is 0 Å². The van der Waals surface area contributed by atoms with Crippen molar-refractivity contribution in [2.45, 2.75) is 57.8 Å². The molecule has 0 amide bonds. The Morgan fingerprint density at radius 2 is 1.50 bits per heavy atom. The summed E-state index contributed by atoms with van der Waals surface area (Å²) in [7, 11) is 0. The maximum Gasteiger partial charge on any atom is 0.303 e. The minimum absolute atomic E-state index is 0.311. The molecule has 2 aromatic rings. The van der Waals surface area contributed by atoms with E-state index in [1.807, 2.05) is 12.3 Å². The molecule has 128 valence electrons. The molecular weight excluding hydrogens is 298 g/mol. The summed E-state index contributed by atoms with van der Waals surface area (Å²) < 4.78 is 0. The summed E-state index contributed by atoms with van der Waals surface area (Å²) in [5.74, 6) is -0.679. The molecule has 0 aliphatic carbocycles. The van der Waals surface area contributed by atoms with Crippen LogP contribution in [0.2, 0.25) is 0 Å². The number of aliphatic carboxylic acids is 1. The minimum Gasteiger partial charge on any atom is -0.481 e. The second kappa shape index (κ2) is 10.6. The quantitative estimate of drug-likeness (QED) is 0.589. The third kappa shape index (κ3) is 7.40. The Bertz CT molecular complexity index is 593. The van der Waals surface area contributed by atoms with Crippen LogP contribution in [0.3, 0.4) is 0 Å². The van der Waals surface area contributed by atoms with E-state index in [1.54, 1.807) is 6.20 Å². The highest BCUT2D eigenvalue weighted by Crippen LogP contribution is 2.13. The van der Waals surface area contributed by atoms with Crippen LogP contribution in [0.25, 0.3) is 0 Å². The van der Waals surface area contributed by atoms with Crippen molar-refractivity contribution in [1.29, 1.82) is 0 Å². The zero-order valence-electron chi connectivity index (χ0n) is 14.3. The van der Waals surface area contributed by atoms with Crippen LogP contribution in [0, 0.1) is 0 Å². The first-order valence-corrected chi connectivity index (χ1v) is 8.92. The molecule has 0 bridgehead atoms. The number of carbonyl (C=O) groups is 1. The first-order chi connectivity index (χ1) is 11.7. The highest BCUT2D eigenvalue weighted by atomic mass is 16.4. The lowest BCUT2D eigenvalue weighted by molar-refractivity contribution is -0.137. The van der Waals surface area contributed by atoms with Gasteiger partial charge in [-0.05, 0) is 48.4 Å². The van der Waals surface area contributed by atoms with E-state index in [1.165, 1.54) is 36.0 Å². The van der Waals surface area contributed by atoms with Crippen LogP contribution in [-0.4, -0.2) is 16.1 Å². The van der Waals surface area contributed by atoms with E-state index in [4.69, 9.17) is 5.11 Å². The SMILES string of the molecule is O=C(O)CCCCCCCCc1ccc(Cc2cccnc2)cc1. The van der Waals surface area contributed by atoms with Crippen molar-refractivity contribution in [3.63, 3.8) is 0 Å². The van der Waals surface area contributed by atoms with Crippen molar-refractivity contribution in [2.24, 2.45) is 0 Å². The van der Waals surface area contributed by atoms with Crippen LogP contribution in [0.1, 0.15) is 61.6 Å². The van der Waals surface area contributed by atoms with Gasteiger partial charge in [0.15, 0.2) is 0 Å². The maximum absolute atomic E-state index is 10.4. The number of hydrogen-bond donors (Lipinski definition) is 1. The maximum atomic E-state index is 10.4. The second-order valence-electron chi connectivity index (χ2n) is 6.37. The molecule has 1 N–H and O–H groups in total. The van der Waals surface area contributed by atoms with Gasteiger partial charge in [-0.3, -0.25) is 9.78 Å². The molecule has 0 atom stereocenters. The van der Waals surface area contributed by atoms with Crippen molar-refractivity contribution >= 4 is 5.97 Å². The second-order valence-corrected chi connectivity index (χ2v) is 6.37. The van der Waals surface area contributed by atoms with Crippen LogP contribution in [-0.2, 0) is 17.6 Å². The molecule has 1 aromatic carbocycles. The highest BCUT2D eigenvalue weighted by Gasteiger charge is 1.99. The van der Waals surface area contributed by atoms with Crippen LogP contribution < -0.4 is 0 Å². The zero-order chi connectivity index (χ0) is 17.0. The first-order valence-electron chi connectivity index (χ1n) is 8.92. The normalized spacial score (nSPS) is 10.7. The molecule has 0 saturated carbocycles.